The summed E-state index contributed by atoms with van der Waals surface area (Å²) >= 11 is 0. The van der Waals surface area contributed by atoms with Gasteiger partial charge in [-0.3, -0.25) is 0 Å². The Bertz CT molecular complexity index is 713. The van der Waals surface area contributed by atoms with Crippen LogP contribution in [0.15, 0.2) is 29.3 Å². The number of rotatable bonds is 8. The first-order valence-corrected chi connectivity index (χ1v) is 11.3. The van der Waals surface area contributed by atoms with Crippen molar-refractivity contribution in [3.05, 3.63) is 35.4 Å². The Balaban J connectivity index is 2.02. The second-order valence-corrected chi connectivity index (χ2v) is 8.52. The molecule has 0 amide bonds. The summed E-state index contributed by atoms with van der Waals surface area (Å²) in [5, 5.41) is 3.36. The SMILES string of the molecule is CCNC(=NCc1cccc(CS(=O)(=O)NC)c1)N1CCC(OCC)CC1. The third-order valence-electron chi connectivity index (χ3n) is 4.55. The quantitative estimate of drug-likeness (QED) is 0.516. The molecular weight excluding hydrogens is 364 g/mol. The Hall–Kier alpha value is -1.64. The number of guanidine groups is 1. The van der Waals surface area contributed by atoms with Crippen molar-refractivity contribution in [1.82, 2.24) is 14.9 Å². The van der Waals surface area contributed by atoms with Gasteiger partial charge in [-0.2, -0.15) is 0 Å². The van der Waals surface area contributed by atoms with Crippen LogP contribution in [0.2, 0.25) is 0 Å². The predicted molar refractivity (Wildman–Crippen MR) is 109 cm³/mol. The summed E-state index contributed by atoms with van der Waals surface area (Å²) in [4.78, 5) is 7.03. The molecule has 2 N–H and O–H groups in total. The number of aliphatic imine (C=N–C) groups is 1. The third-order valence-corrected chi connectivity index (χ3v) is 5.88. The molecule has 0 spiro atoms. The van der Waals surface area contributed by atoms with E-state index in [1.165, 1.54) is 7.05 Å². The van der Waals surface area contributed by atoms with E-state index < -0.39 is 10.0 Å². The number of benzene rings is 1. The normalized spacial score (nSPS) is 16.6. The highest BCUT2D eigenvalue weighted by atomic mass is 32.2. The lowest BCUT2D eigenvalue weighted by Crippen LogP contribution is -2.47. The molecule has 0 bridgehead atoms. The molecule has 0 atom stereocenters. The largest absolute Gasteiger partial charge is 0.378 e. The Kier molecular flexibility index (Phi) is 8.53. The molecule has 1 heterocycles. The van der Waals surface area contributed by atoms with Crippen molar-refractivity contribution >= 4 is 16.0 Å². The van der Waals surface area contributed by atoms with Gasteiger partial charge in [0.2, 0.25) is 10.0 Å². The standard InChI is InChI=1S/C19H32N4O3S/c1-4-21-19(23-11-9-18(10-12-23)26-5-2)22-14-16-7-6-8-17(13-16)15-27(24,25)20-3/h6-8,13,18,20H,4-5,9-12,14-15H2,1-3H3,(H,21,22). The number of nitrogens with zero attached hydrogens (tertiary/aromatic N) is 2. The summed E-state index contributed by atoms with van der Waals surface area (Å²) < 4.78 is 31.6. The van der Waals surface area contributed by atoms with E-state index in [4.69, 9.17) is 9.73 Å². The van der Waals surface area contributed by atoms with Crippen molar-refractivity contribution in [2.24, 2.45) is 4.99 Å². The van der Waals surface area contributed by atoms with Gasteiger partial charge in [0.25, 0.3) is 0 Å². The summed E-state index contributed by atoms with van der Waals surface area (Å²) in [6.45, 7) is 8.04. The summed E-state index contributed by atoms with van der Waals surface area (Å²) in [5.41, 5.74) is 1.76. The highest BCUT2D eigenvalue weighted by Gasteiger charge is 2.21. The van der Waals surface area contributed by atoms with E-state index >= 15 is 0 Å². The van der Waals surface area contributed by atoms with E-state index in [9.17, 15) is 8.42 Å². The highest BCUT2D eigenvalue weighted by Crippen LogP contribution is 2.15. The zero-order chi connectivity index (χ0) is 19.7. The van der Waals surface area contributed by atoms with Crippen LogP contribution in [0.3, 0.4) is 0 Å². The van der Waals surface area contributed by atoms with Crippen LogP contribution in [-0.4, -0.2) is 58.7 Å². The summed E-state index contributed by atoms with van der Waals surface area (Å²) in [5.74, 6) is 0.882. The van der Waals surface area contributed by atoms with E-state index in [1.54, 1.807) is 0 Å². The first kappa shape index (κ1) is 21.7. The molecule has 0 saturated carbocycles. The molecule has 1 aromatic carbocycles. The summed E-state index contributed by atoms with van der Waals surface area (Å²) in [6.07, 6.45) is 2.37. The second kappa shape index (κ2) is 10.6. The molecule has 152 valence electrons. The average Bonchev–Trinajstić information content (AvgIpc) is 2.66. The topological polar surface area (TPSA) is 83.0 Å². The molecule has 1 aromatic rings. The lowest BCUT2D eigenvalue weighted by Gasteiger charge is -2.34. The molecule has 1 fully saturated rings. The monoisotopic (exact) mass is 396 g/mol. The number of hydrogen-bond donors (Lipinski definition) is 2. The van der Waals surface area contributed by atoms with E-state index in [-0.39, 0.29) is 5.75 Å². The molecule has 2 rings (SSSR count). The molecule has 0 aliphatic carbocycles. The first-order valence-electron chi connectivity index (χ1n) is 9.61. The molecule has 0 unspecified atom stereocenters. The molecule has 8 heteroatoms. The van der Waals surface area contributed by atoms with Gasteiger partial charge in [0.05, 0.1) is 18.4 Å². The van der Waals surface area contributed by atoms with Crippen LogP contribution in [0, 0.1) is 0 Å². The van der Waals surface area contributed by atoms with Gasteiger partial charge in [-0.1, -0.05) is 24.3 Å². The number of ether oxygens (including phenoxy) is 1. The van der Waals surface area contributed by atoms with Gasteiger partial charge in [0.15, 0.2) is 5.96 Å². The molecule has 27 heavy (non-hydrogen) atoms. The number of likely N-dealkylation sites (tertiary alicyclic amines) is 1. The number of piperidine rings is 1. The van der Waals surface area contributed by atoms with Gasteiger partial charge in [-0.05, 0) is 44.9 Å². The van der Waals surface area contributed by atoms with Crippen LogP contribution in [0.5, 0.6) is 0 Å². The molecule has 1 saturated heterocycles. The van der Waals surface area contributed by atoms with Crippen molar-refractivity contribution in [3.63, 3.8) is 0 Å². The van der Waals surface area contributed by atoms with Crippen LogP contribution in [0.4, 0.5) is 0 Å². The second-order valence-electron chi connectivity index (χ2n) is 6.60. The zero-order valence-electron chi connectivity index (χ0n) is 16.6. The van der Waals surface area contributed by atoms with Gasteiger partial charge in [0.1, 0.15) is 0 Å². The maximum absolute atomic E-state index is 11.7. The summed E-state index contributed by atoms with van der Waals surface area (Å²) in [7, 11) is -1.84. The average molecular weight is 397 g/mol. The number of hydrogen-bond acceptors (Lipinski definition) is 4. The Morgan fingerprint density at radius 2 is 1.96 bits per heavy atom. The van der Waals surface area contributed by atoms with Crippen molar-refractivity contribution < 1.29 is 13.2 Å². The lowest BCUT2D eigenvalue weighted by molar-refractivity contribution is 0.0263. The van der Waals surface area contributed by atoms with E-state index in [0.29, 0.717) is 12.6 Å². The highest BCUT2D eigenvalue weighted by molar-refractivity contribution is 7.88. The lowest BCUT2D eigenvalue weighted by atomic mass is 10.1. The zero-order valence-corrected chi connectivity index (χ0v) is 17.4. The minimum absolute atomic E-state index is 0.0218. The van der Waals surface area contributed by atoms with Gasteiger partial charge >= 0.3 is 0 Å². The van der Waals surface area contributed by atoms with Crippen LogP contribution in [0.25, 0.3) is 0 Å². The molecule has 0 aromatic heterocycles. The number of sulfonamides is 1. The fourth-order valence-corrected chi connectivity index (χ4v) is 3.93. The molecule has 0 radical (unpaired) electrons. The van der Waals surface area contributed by atoms with Crippen molar-refractivity contribution in [2.75, 3.05) is 33.3 Å². The maximum atomic E-state index is 11.7. The van der Waals surface area contributed by atoms with Crippen LogP contribution >= 0.6 is 0 Å². The summed E-state index contributed by atoms with van der Waals surface area (Å²) in [6, 6.07) is 7.59. The fraction of sp³-hybridized carbons (Fsp3) is 0.632. The van der Waals surface area contributed by atoms with Gasteiger partial charge in [0, 0.05) is 26.2 Å². The van der Waals surface area contributed by atoms with Crippen molar-refractivity contribution in [3.8, 4) is 0 Å². The Labute approximate surface area is 163 Å². The first-order chi connectivity index (χ1) is 13.0. The van der Waals surface area contributed by atoms with E-state index in [0.717, 1.165) is 56.2 Å². The maximum Gasteiger partial charge on any atom is 0.215 e. The van der Waals surface area contributed by atoms with Crippen molar-refractivity contribution in [1.29, 1.82) is 0 Å². The smallest absolute Gasteiger partial charge is 0.215 e. The fourth-order valence-electron chi connectivity index (χ4n) is 3.17. The predicted octanol–water partition coefficient (Wildman–Crippen LogP) is 1.70. The van der Waals surface area contributed by atoms with E-state index in [1.807, 2.05) is 31.2 Å². The van der Waals surface area contributed by atoms with Crippen LogP contribution in [-0.2, 0) is 27.1 Å². The molecule has 7 nitrogen and oxygen atoms in total. The third kappa shape index (κ3) is 7.12. The Morgan fingerprint density at radius 3 is 2.59 bits per heavy atom. The van der Waals surface area contributed by atoms with Gasteiger partial charge in [-0.25, -0.2) is 18.1 Å². The van der Waals surface area contributed by atoms with E-state index in [2.05, 4.69) is 21.9 Å². The molecule has 1 aliphatic rings. The van der Waals surface area contributed by atoms with Crippen LogP contribution < -0.4 is 10.0 Å². The molecular formula is C19H32N4O3S. The van der Waals surface area contributed by atoms with Gasteiger partial charge in [-0.15, -0.1) is 0 Å². The number of nitrogens with one attached hydrogen (secondary N) is 2. The van der Waals surface area contributed by atoms with Crippen LogP contribution in [0.1, 0.15) is 37.8 Å². The molecule has 1 aliphatic heterocycles. The Morgan fingerprint density at radius 1 is 1.26 bits per heavy atom. The van der Waals surface area contributed by atoms with Crippen molar-refractivity contribution in [2.45, 2.75) is 45.1 Å². The minimum Gasteiger partial charge on any atom is -0.378 e. The van der Waals surface area contributed by atoms with Gasteiger partial charge < -0.3 is 15.0 Å². The minimum atomic E-state index is -3.27.